The zero-order valence-electron chi connectivity index (χ0n) is 9.60. The maximum atomic E-state index is 11.8. The molecule has 1 aliphatic rings. The minimum Gasteiger partial charge on any atom is -0.354 e. The highest BCUT2D eigenvalue weighted by molar-refractivity contribution is 7.17. The molecule has 0 radical (unpaired) electrons. The molecule has 0 unspecified atom stereocenters. The number of aromatic amines is 1. The smallest absolute Gasteiger partial charge is 0.268 e. The molecule has 6 nitrogen and oxygen atoms in total. The number of hydrogen-bond acceptors (Lipinski definition) is 5. The second-order valence-corrected chi connectivity index (χ2v) is 5.12. The first kappa shape index (κ1) is 11.4. The molecule has 0 atom stereocenters. The van der Waals surface area contributed by atoms with Crippen LogP contribution in [-0.2, 0) is 11.3 Å². The number of nitrogens with zero attached hydrogens (tertiary/aromatic N) is 2. The van der Waals surface area contributed by atoms with Crippen molar-refractivity contribution in [3.8, 4) is 0 Å². The molecule has 1 fully saturated rings. The van der Waals surface area contributed by atoms with Gasteiger partial charge in [0.1, 0.15) is 10.5 Å². The first-order valence-electron chi connectivity index (χ1n) is 5.68. The van der Waals surface area contributed by atoms with Gasteiger partial charge in [-0.2, -0.15) is 0 Å². The van der Waals surface area contributed by atoms with Crippen LogP contribution < -0.4 is 10.9 Å². The summed E-state index contributed by atoms with van der Waals surface area (Å²) in [6, 6.07) is 1.83. The largest absolute Gasteiger partial charge is 0.354 e. The molecule has 18 heavy (non-hydrogen) atoms. The van der Waals surface area contributed by atoms with Gasteiger partial charge >= 0.3 is 0 Å². The SMILES string of the molecule is O=C1CN(Cc2nc3ccsc3c(=O)[nH]2)CCN1. The molecule has 0 bridgehead atoms. The van der Waals surface area contributed by atoms with Crippen molar-refractivity contribution in [1.29, 1.82) is 0 Å². The Hall–Kier alpha value is -1.73. The Morgan fingerprint density at radius 1 is 1.44 bits per heavy atom. The van der Waals surface area contributed by atoms with Gasteiger partial charge in [-0.05, 0) is 11.4 Å². The molecule has 3 heterocycles. The molecular formula is C11H12N4O2S. The van der Waals surface area contributed by atoms with E-state index in [4.69, 9.17) is 0 Å². The molecule has 1 amide bonds. The minimum atomic E-state index is -0.105. The summed E-state index contributed by atoms with van der Waals surface area (Å²) in [6.45, 7) is 2.26. The molecule has 0 aromatic carbocycles. The van der Waals surface area contributed by atoms with Crippen molar-refractivity contribution < 1.29 is 4.79 Å². The lowest BCUT2D eigenvalue weighted by molar-refractivity contribution is -0.124. The number of H-pyrrole nitrogens is 1. The predicted octanol–water partition coefficient (Wildman–Crippen LogP) is -0.0836. The van der Waals surface area contributed by atoms with E-state index in [2.05, 4.69) is 15.3 Å². The average molecular weight is 264 g/mol. The summed E-state index contributed by atoms with van der Waals surface area (Å²) in [5, 5.41) is 4.62. The Bertz CT molecular complexity index is 648. The summed E-state index contributed by atoms with van der Waals surface area (Å²) in [6.07, 6.45) is 0. The molecule has 2 N–H and O–H groups in total. The summed E-state index contributed by atoms with van der Waals surface area (Å²) in [4.78, 5) is 32.2. The number of aromatic nitrogens is 2. The highest BCUT2D eigenvalue weighted by Crippen LogP contribution is 2.14. The third kappa shape index (κ3) is 2.14. The minimum absolute atomic E-state index is 0.0141. The van der Waals surface area contributed by atoms with Gasteiger partial charge in [0.2, 0.25) is 5.91 Å². The number of piperazine rings is 1. The van der Waals surface area contributed by atoms with Crippen LogP contribution in [0.4, 0.5) is 0 Å². The van der Waals surface area contributed by atoms with Crippen LogP contribution in [-0.4, -0.2) is 40.4 Å². The topological polar surface area (TPSA) is 78.1 Å². The molecule has 0 saturated carbocycles. The Balaban J connectivity index is 1.86. The van der Waals surface area contributed by atoms with Crippen LogP contribution in [0.2, 0.25) is 0 Å². The Morgan fingerprint density at radius 3 is 3.17 bits per heavy atom. The monoisotopic (exact) mass is 264 g/mol. The van der Waals surface area contributed by atoms with Crippen molar-refractivity contribution in [3.63, 3.8) is 0 Å². The molecule has 0 aliphatic carbocycles. The standard InChI is InChI=1S/C11H12N4O2S/c16-9-6-15(3-2-12-9)5-8-13-7-1-4-18-10(7)11(17)14-8/h1,4H,2-3,5-6H2,(H,12,16)(H,13,14,17). The first-order valence-corrected chi connectivity index (χ1v) is 6.56. The van der Waals surface area contributed by atoms with Crippen molar-refractivity contribution >= 4 is 27.5 Å². The summed E-state index contributed by atoms with van der Waals surface area (Å²) < 4.78 is 0.648. The normalized spacial score (nSPS) is 17.0. The summed E-state index contributed by atoms with van der Waals surface area (Å²) in [7, 11) is 0. The van der Waals surface area contributed by atoms with E-state index in [1.807, 2.05) is 16.3 Å². The Labute approximate surface area is 107 Å². The fraction of sp³-hybridized carbons (Fsp3) is 0.364. The van der Waals surface area contributed by atoms with Crippen LogP contribution in [0.1, 0.15) is 5.82 Å². The van der Waals surface area contributed by atoms with Crippen LogP contribution in [0.5, 0.6) is 0 Å². The second-order valence-electron chi connectivity index (χ2n) is 4.21. The molecule has 0 spiro atoms. The van der Waals surface area contributed by atoms with E-state index < -0.39 is 0 Å². The van der Waals surface area contributed by atoms with E-state index in [-0.39, 0.29) is 11.5 Å². The zero-order chi connectivity index (χ0) is 12.5. The van der Waals surface area contributed by atoms with Gasteiger partial charge in [-0.1, -0.05) is 0 Å². The molecule has 7 heteroatoms. The fourth-order valence-electron chi connectivity index (χ4n) is 2.03. The molecule has 2 aromatic heterocycles. The van der Waals surface area contributed by atoms with Crippen LogP contribution in [0.25, 0.3) is 10.2 Å². The van der Waals surface area contributed by atoms with Gasteiger partial charge in [-0.25, -0.2) is 4.98 Å². The van der Waals surface area contributed by atoms with E-state index >= 15 is 0 Å². The maximum Gasteiger partial charge on any atom is 0.268 e. The van der Waals surface area contributed by atoms with Crippen molar-refractivity contribution in [2.45, 2.75) is 6.54 Å². The number of carbonyl (C=O) groups excluding carboxylic acids is 1. The summed E-state index contributed by atoms with van der Waals surface area (Å²) in [5.41, 5.74) is 0.617. The number of nitrogens with one attached hydrogen (secondary N) is 2. The third-order valence-corrected chi connectivity index (χ3v) is 3.76. The highest BCUT2D eigenvalue weighted by Gasteiger charge is 2.17. The lowest BCUT2D eigenvalue weighted by atomic mass is 10.3. The molecule has 1 saturated heterocycles. The van der Waals surface area contributed by atoms with Crippen molar-refractivity contribution in [3.05, 3.63) is 27.6 Å². The first-order chi connectivity index (χ1) is 8.72. The molecule has 1 aliphatic heterocycles. The van der Waals surface area contributed by atoms with Gasteiger partial charge in [-0.3, -0.25) is 14.5 Å². The van der Waals surface area contributed by atoms with Crippen LogP contribution in [0.15, 0.2) is 16.2 Å². The van der Waals surface area contributed by atoms with Gasteiger partial charge in [0.25, 0.3) is 5.56 Å². The number of fused-ring (bicyclic) bond motifs is 1. The van der Waals surface area contributed by atoms with Gasteiger partial charge < -0.3 is 10.3 Å². The second kappa shape index (κ2) is 4.51. The molecule has 94 valence electrons. The Morgan fingerprint density at radius 2 is 2.33 bits per heavy atom. The van der Waals surface area contributed by atoms with Gasteiger partial charge in [0.15, 0.2) is 0 Å². The number of rotatable bonds is 2. The predicted molar refractivity (Wildman–Crippen MR) is 68.5 cm³/mol. The summed E-state index contributed by atoms with van der Waals surface area (Å²) >= 11 is 1.39. The molecular weight excluding hydrogens is 252 g/mol. The third-order valence-electron chi connectivity index (χ3n) is 2.85. The van der Waals surface area contributed by atoms with Crippen LogP contribution >= 0.6 is 11.3 Å². The fourth-order valence-corrected chi connectivity index (χ4v) is 2.76. The van der Waals surface area contributed by atoms with Crippen molar-refractivity contribution in [1.82, 2.24) is 20.2 Å². The number of hydrogen-bond donors (Lipinski definition) is 2. The van der Waals surface area contributed by atoms with Gasteiger partial charge in [-0.15, -0.1) is 11.3 Å². The van der Waals surface area contributed by atoms with E-state index in [0.717, 1.165) is 12.1 Å². The molecule has 3 rings (SSSR count). The van der Waals surface area contributed by atoms with E-state index in [1.165, 1.54) is 11.3 Å². The van der Waals surface area contributed by atoms with Gasteiger partial charge in [0.05, 0.1) is 18.6 Å². The van der Waals surface area contributed by atoms with Crippen molar-refractivity contribution in [2.24, 2.45) is 0 Å². The van der Waals surface area contributed by atoms with Crippen molar-refractivity contribution in [2.75, 3.05) is 19.6 Å². The lowest BCUT2D eigenvalue weighted by Gasteiger charge is -2.25. The van der Waals surface area contributed by atoms with Gasteiger partial charge in [0, 0.05) is 13.1 Å². The van der Waals surface area contributed by atoms with Crippen LogP contribution in [0.3, 0.4) is 0 Å². The number of thiophene rings is 1. The zero-order valence-corrected chi connectivity index (χ0v) is 10.4. The maximum absolute atomic E-state index is 11.8. The number of amides is 1. The molecule has 2 aromatic rings. The Kier molecular flexibility index (Phi) is 2.85. The van der Waals surface area contributed by atoms with Crippen LogP contribution in [0, 0.1) is 0 Å². The lowest BCUT2D eigenvalue weighted by Crippen LogP contribution is -2.47. The highest BCUT2D eigenvalue weighted by atomic mass is 32.1. The summed E-state index contributed by atoms with van der Waals surface area (Å²) in [5.74, 6) is 0.626. The quantitative estimate of drug-likeness (QED) is 0.795. The van der Waals surface area contributed by atoms with E-state index in [1.54, 1.807) is 0 Å². The average Bonchev–Trinajstić information content (AvgIpc) is 2.77. The van der Waals surface area contributed by atoms with E-state index in [9.17, 15) is 9.59 Å². The number of carbonyl (C=O) groups is 1. The van der Waals surface area contributed by atoms with E-state index in [0.29, 0.717) is 30.2 Å².